The van der Waals surface area contributed by atoms with Gasteiger partial charge >= 0.3 is 0 Å². The number of hydrogen-bond acceptors (Lipinski definition) is 5. The molecular weight excluding hydrogens is 314 g/mol. The standard InChI is InChI=1S/C20H29N3O2/c24-20(16-21-8-10-25-11-9-21)18-12-22-6-7-23(13-18)15-19(20,14-22)17-4-2-1-3-5-17/h1-5,18,24H,6-16H2/t18?,19?,20-/m0/s1. The van der Waals surface area contributed by atoms with Crippen molar-refractivity contribution in [2.45, 2.75) is 11.0 Å². The summed E-state index contributed by atoms with van der Waals surface area (Å²) in [6.45, 7) is 10.5. The Kier molecular flexibility index (Phi) is 3.91. The minimum absolute atomic E-state index is 0.190. The first kappa shape index (κ1) is 16.2. The van der Waals surface area contributed by atoms with E-state index in [1.807, 2.05) is 0 Å². The van der Waals surface area contributed by atoms with Gasteiger partial charge in [-0.2, -0.15) is 0 Å². The van der Waals surface area contributed by atoms with Gasteiger partial charge in [0.1, 0.15) is 0 Å². The molecule has 5 aliphatic heterocycles. The zero-order chi connectivity index (χ0) is 16.9. The summed E-state index contributed by atoms with van der Waals surface area (Å²) in [5, 5.41) is 12.2. The first-order chi connectivity index (χ1) is 12.2. The summed E-state index contributed by atoms with van der Waals surface area (Å²) in [7, 11) is 0. The number of fused-ring (bicyclic) bond motifs is 1. The molecule has 5 fully saturated rings. The molecule has 5 heteroatoms. The van der Waals surface area contributed by atoms with Gasteiger partial charge in [0.05, 0.1) is 24.2 Å². The van der Waals surface area contributed by atoms with Crippen LogP contribution in [-0.4, -0.2) is 97.5 Å². The fourth-order valence-corrected chi connectivity index (χ4v) is 5.78. The van der Waals surface area contributed by atoms with Crippen molar-refractivity contribution >= 4 is 0 Å². The molecule has 5 saturated heterocycles. The summed E-state index contributed by atoms with van der Waals surface area (Å²) in [4.78, 5) is 7.62. The highest BCUT2D eigenvalue weighted by atomic mass is 16.5. The van der Waals surface area contributed by atoms with Crippen LogP contribution >= 0.6 is 0 Å². The van der Waals surface area contributed by atoms with Crippen LogP contribution in [-0.2, 0) is 10.2 Å². The Morgan fingerprint density at radius 1 is 0.960 bits per heavy atom. The van der Waals surface area contributed by atoms with Crippen molar-refractivity contribution in [2.24, 2.45) is 5.92 Å². The molecule has 0 amide bonds. The second-order valence-corrected chi connectivity index (χ2v) is 8.43. The Labute approximate surface area is 150 Å². The highest BCUT2D eigenvalue weighted by Gasteiger charge is 2.64. The van der Waals surface area contributed by atoms with Gasteiger partial charge in [-0.3, -0.25) is 4.90 Å². The third-order valence-corrected chi connectivity index (χ3v) is 7.08. The lowest BCUT2D eigenvalue weighted by Crippen LogP contribution is -2.76. The number of piperidine rings is 2. The largest absolute Gasteiger partial charge is 0.387 e. The van der Waals surface area contributed by atoms with Crippen molar-refractivity contribution in [1.82, 2.24) is 14.7 Å². The molecule has 5 aliphatic rings. The van der Waals surface area contributed by atoms with Crippen LogP contribution in [0.1, 0.15) is 5.56 Å². The van der Waals surface area contributed by atoms with Crippen LogP contribution in [0.2, 0.25) is 0 Å². The summed E-state index contributed by atoms with van der Waals surface area (Å²) in [5.41, 5.74) is 0.458. The Hall–Kier alpha value is -0.980. The first-order valence-corrected chi connectivity index (χ1v) is 9.72. The fraction of sp³-hybridized carbons (Fsp3) is 0.700. The van der Waals surface area contributed by atoms with E-state index in [0.717, 1.165) is 72.1 Å². The van der Waals surface area contributed by atoms with Gasteiger partial charge in [0.15, 0.2) is 0 Å². The predicted octanol–water partition coefficient (Wildman–Crippen LogP) is 0.249. The summed E-state index contributed by atoms with van der Waals surface area (Å²) in [5.74, 6) is 0.320. The van der Waals surface area contributed by atoms with E-state index in [-0.39, 0.29) is 5.41 Å². The molecule has 1 N–H and O–H groups in total. The molecule has 25 heavy (non-hydrogen) atoms. The zero-order valence-electron chi connectivity index (χ0n) is 14.9. The van der Waals surface area contributed by atoms with Gasteiger partial charge in [0.2, 0.25) is 0 Å². The van der Waals surface area contributed by atoms with Crippen LogP contribution in [0.15, 0.2) is 30.3 Å². The van der Waals surface area contributed by atoms with Crippen molar-refractivity contribution in [2.75, 3.05) is 72.1 Å². The molecule has 0 aliphatic carbocycles. The monoisotopic (exact) mass is 343 g/mol. The maximum Gasteiger partial charge on any atom is 0.0947 e. The molecule has 0 aromatic heterocycles. The molecule has 5 nitrogen and oxygen atoms in total. The van der Waals surface area contributed by atoms with Gasteiger partial charge < -0.3 is 19.6 Å². The van der Waals surface area contributed by atoms with Gasteiger partial charge in [-0.25, -0.2) is 0 Å². The highest BCUT2D eigenvalue weighted by Crippen LogP contribution is 2.50. The van der Waals surface area contributed by atoms with E-state index in [0.29, 0.717) is 5.92 Å². The number of ether oxygens (including phenoxy) is 1. The normalized spacial score (nSPS) is 44.0. The molecule has 6 rings (SSSR count). The van der Waals surface area contributed by atoms with Crippen LogP contribution in [0.5, 0.6) is 0 Å². The summed E-state index contributed by atoms with van der Waals surface area (Å²) in [6, 6.07) is 10.8. The molecule has 0 saturated carbocycles. The second-order valence-electron chi connectivity index (χ2n) is 8.43. The molecular formula is C20H29N3O2. The van der Waals surface area contributed by atoms with E-state index in [4.69, 9.17) is 4.74 Å². The van der Waals surface area contributed by atoms with Crippen LogP contribution in [0.3, 0.4) is 0 Å². The van der Waals surface area contributed by atoms with E-state index in [1.54, 1.807) is 0 Å². The molecule has 1 aromatic rings. The second kappa shape index (κ2) is 6.03. The Morgan fingerprint density at radius 3 is 2.24 bits per heavy atom. The minimum Gasteiger partial charge on any atom is -0.387 e. The van der Waals surface area contributed by atoms with Crippen molar-refractivity contribution in [3.63, 3.8) is 0 Å². The molecule has 0 spiro atoms. The van der Waals surface area contributed by atoms with Gasteiger partial charge in [-0.1, -0.05) is 30.3 Å². The van der Waals surface area contributed by atoms with Crippen LogP contribution < -0.4 is 0 Å². The van der Waals surface area contributed by atoms with Crippen molar-refractivity contribution in [1.29, 1.82) is 0 Å². The summed E-state index contributed by atoms with van der Waals surface area (Å²) in [6.07, 6.45) is 0. The van der Waals surface area contributed by atoms with E-state index in [2.05, 4.69) is 45.0 Å². The van der Waals surface area contributed by atoms with Crippen molar-refractivity contribution in [3.8, 4) is 0 Å². The SMILES string of the molecule is O[C@@]1(CN2CCOCC2)C2CN3CCN(C2)CC1(c1ccccc1)C3. The maximum absolute atomic E-state index is 12.2. The average Bonchev–Trinajstić information content (AvgIpc) is 2.91. The lowest BCUT2D eigenvalue weighted by atomic mass is 9.57. The van der Waals surface area contributed by atoms with E-state index < -0.39 is 5.60 Å². The summed E-state index contributed by atoms with van der Waals surface area (Å²) < 4.78 is 5.53. The van der Waals surface area contributed by atoms with E-state index in [9.17, 15) is 5.11 Å². The van der Waals surface area contributed by atoms with E-state index in [1.165, 1.54) is 5.56 Å². The highest BCUT2D eigenvalue weighted by molar-refractivity contribution is 5.36. The van der Waals surface area contributed by atoms with Gasteiger partial charge in [0, 0.05) is 64.8 Å². The third-order valence-electron chi connectivity index (χ3n) is 7.08. The topological polar surface area (TPSA) is 39.2 Å². The number of morpholine rings is 1. The number of benzene rings is 1. The Bertz CT molecular complexity index is 603. The lowest BCUT2D eigenvalue weighted by molar-refractivity contribution is -0.176. The van der Waals surface area contributed by atoms with Crippen LogP contribution in [0.4, 0.5) is 0 Å². The first-order valence-electron chi connectivity index (χ1n) is 9.72. The number of rotatable bonds is 3. The molecule has 0 radical (unpaired) electrons. The number of aliphatic hydroxyl groups is 1. The van der Waals surface area contributed by atoms with Crippen LogP contribution in [0, 0.1) is 5.92 Å². The quantitative estimate of drug-likeness (QED) is 0.852. The molecule has 3 atom stereocenters. The summed E-state index contributed by atoms with van der Waals surface area (Å²) >= 11 is 0. The van der Waals surface area contributed by atoms with Gasteiger partial charge in [-0.05, 0) is 5.56 Å². The van der Waals surface area contributed by atoms with E-state index >= 15 is 0 Å². The van der Waals surface area contributed by atoms with Crippen molar-refractivity contribution < 1.29 is 9.84 Å². The van der Waals surface area contributed by atoms with Crippen molar-refractivity contribution in [3.05, 3.63) is 35.9 Å². The Balaban J connectivity index is 1.57. The smallest absolute Gasteiger partial charge is 0.0947 e. The number of hydrogen-bond donors (Lipinski definition) is 1. The molecule has 4 bridgehead atoms. The maximum atomic E-state index is 12.2. The average molecular weight is 343 g/mol. The third kappa shape index (κ3) is 2.48. The molecule has 2 unspecified atom stereocenters. The molecule has 5 heterocycles. The number of nitrogens with zero attached hydrogens (tertiary/aromatic N) is 3. The number of β-amino-alcohol motifs (C(OH)–C–C–N with tert-alkyl or cyclic N) is 1. The molecule has 136 valence electrons. The fourth-order valence-electron chi connectivity index (χ4n) is 5.78. The van der Waals surface area contributed by atoms with Crippen LogP contribution in [0.25, 0.3) is 0 Å². The molecule has 1 aromatic carbocycles. The zero-order valence-corrected chi connectivity index (χ0v) is 14.9. The predicted molar refractivity (Wildman–Crippen MR) is 96.7 cm³/mol. The Morgan fingerprint density at radius 2 is 1.60 bits per heavy atom. The lowest BCUT2D eigenvalue weighted by Gasteiger charge is -2.62. The van der Waals surface area contributed by atoms with Gasteiger partial charge in [0.25, 0.3) is 0 Å². The minimum atomic E-state index is -0.664. The van der Waals surface area contributed by atoms with Gasteiger partial charge in [-0.15, -0.1) is 0 Å².